The summed E-state index contributed by atoms with van der Waals surface area (Å²) in [6.07, 6.45) is 0. The summed E-state index contributed by atoms with van der Waals surface area (Å²) in [5.41, 5.74) is 2.51. The number of alkyl halides is 1. The second-order valence-corrected chi connectivity index (χ2v) is 5.09. The van der Waals surface area contributed by atoms with Gasteiger partial charge in [0.1, 0.15) is 17.4 Å². The minimum Gasteiger partial charge on any atom is -0.497 e. The molecular weight excluding hydrogens is 282 g/mol. The highest BCUT2D eigenvalue weighted by molar-refractivity contribution is 6.22. The summed E-state index contributed by atoms with van der Waals surface area (Å²) >= 11 is 6.29. The molecule has 20 heavy (non-hydrogen) atoms. The minimum atomic E-state index is -0.874. The van der Waals surface area contributed by atoms with Gasteiger partial charge in [-0.2, -0.15) is 0 Å². The van der Waals surface area contributed by atoms with Crippen molar-refractivity contribution in [1.82, 2.24) is 0 Å². The average molecular weight is 297 g/mol. The van der Waals surface area contributed by atoms with Gasteiger partial charge in [-0.3, -0.25) is 0 Å². The van der Waals surface area contributed by atoms with Crippen molar-refractivity contribution < 1.29 is 13.5 Å². The molecule has 0 aliphatic carbocycles. The van der Waals surface area contributed by atoms with Crippen LogP contribution in [0.15, 0.2) is 30.3 Å². The van der Waals surface area contributed by atoms with Crippen molar-refractivity contribution in [1.29, 1.82) is 0 Å². The molecule has 0 heterocycles. The third-order valence-corrected chi connectivity index (χ3v) is 3.91. The molecule has 0 saturated heterocycles. The molecule has 4 heteroatoms. The number of ether oxygens (including phenoxy) is 1. The molecule has 0 aliphatic heterocycles. The van der Waals surface area contributed by atoms with Crippen LogP contribution in [0.3, 0.4) is 0 Å². The van der Waals surface area contributed by atoms with E-state index in [1.54, 1.807) is 6.07 Å². The van der Waals surface area contributed by atoms with Gasteiger partial charge in [-0.15, -0.1) is 11.6 Å². The molecule has 2 rings (SSSR count). The highest BCUT2D eigenvalue weighted by Crippen LogP contribution is 2.36. The Labute approximate surface area is 122 Å². The third kappa shape index (κ3) is 2.63. The Balaban J connectivity index is 2.54. The van der Waals surface area contributed by atoms with Gasteiger partial charge < -0.3 is 4.74 Å². The Kier molecular flexibility index (Phi) is 4.29. The predicted octanol–water partition coefficient (Wildman–Crippen LogP) is 4.92. The standard InChI is InChI=1S/C16H15ClF2O/c1-9-5-4-6-12(10(9)2)16(17)15-13(18)7-11(20-3)8-14(15)19/h4-8,16H,1-3H3. The minimum absolute atomic E-state index is 0.133. The van der Waals surface area contributed by atoms with E-state index in [0.29, 0.717) is 5.56 Å². The molecule has 0 saturated carbocycles. The number of methoxy groups -OCH3 is 1. The zero-order valence-electron chi connectivity index (χ0n) is 11.5. The van der Waals surface area contributed by atoms with Crippen LogP contribution in [0, 0.1) is 25.5 Å². The van der Waals surface area contributed by atoms with E-state index in [0.717, 1.165) is 23.3 Å². The zero-order chi connectivity index (χ0) is 14.9. The van der Waals surface area contributed by atoms with E-state index < -0.39 is 17.0 Å². The quantitative estimate of drug-likeness (QED) is 0.731. The smallest absolute Gasteiger partial charge is 0.134 e. The van der Waals surface area contributed by atoms with E-state index in [1.165, 1.54) is 7.11 Å². The van der Waals surface area contributed by atoms with E-state index in [-0.39, 0.29) is 11.3 Å². The lowest BCUT2D eigenvalue weighted by Crippen LogP contribution is -2.04. The SMILES string of the molecule is COc1cc(F)c(C(Cl)c2cccc(C)c2C)c(F)c1. The van der Waals surface area contributed by atoms with Crippen LogP contribution in [0.4, 0.5) is 8.78 Å². The third-order valence-electron chi connectivity index (χ3n) is 3.46. The first-order chi connectivity index (χ1) is 9.45. The van der Waals surface area contributed by atoms with Crippen LogP contribution in [-0.2, 0) is 0 Å². The van der Waals surface area contributed by atoms with E-state index in [2.05, 4.69) is 0 Å². The number of rotatable bonds is 3. The van der Waals surface area contributed by atoms with Crippen molar-refractivity contribution in [2.75, 3.05) is 7.11 Å². The molecule has 1 unspecified atom stereocenters. The lowest BCUT2D eigenvalue weighted by Gasteiger charge is -2.17. The number of hydrogen-bond acceptors (Lipinski definition) is 1. The van der Waals surface area contributed by atoms with Crippen molar-refractivity contribution >= 4 is 11.6 Å². The molecule has 0 aliphatic rings. The van der Waals surface area contributed by atoms with Gasteiger partial charge in [0.15, 0.2) is 0 Å². The van der Waals surface area contributed by atoms with Crippen LogP contribution in [0.2, 0.25) is 0 Å². The maximum atomic E-state index is 14.1. The van der Waals surface area contributed by atoms with Crippen molar-refractivity contribution in [3.63, 3.8) is 0 Å². The summed E-state index contributed by atoms with van der Waals surface area (Å²) in [7, 11) is 1.36. The first-order valence-electron chi connectivity index (χ1n) is 6.18. The topological polar surface area (TPSA) is 9.23 Å². The van der Waals surface area contributed by atoms with Crippen LogP contribution in [-0.4, -0.2) is 7.11 Å². The number of aryl methyl sites for hydroxylation is 1. The zero-order valence-corrected chi connectivity index (χ0v) is 12.3. The summed E-state index contributed by atoms with van der Waals surface area (Å²) < 4.78 is 33.0. The van der Waals surface area contributed by atoms with E-state index >= 15 is 0 Å². The van der Waals surface area contributed by atoms with Gasteiger partial charge in [-0.25, -0.2) is 8.78 Å². The number of hydrogen-bond donors (Lipinski definition) is 0. The summed E-state index contributed by atoms with van der Waals surface area (Å²) in [6.45, 7) is 3.82. The van der Waals surface area contributed by atoms with Crippen molar-refractivity contribution in [3.05, 3.63) is 64.2 Å². The number of benzene rings is 2. The summed E-state index contributed by atoms with van der Waals surface area (Å²) in [6, 6.07) is 7.82. The van der Waals surface area contributed by atoms with Gasteiger partial charge in [0.05, 0.1) is 12.5 Å². The molecular formula is C16H15ClF2O. The molecule has 0 amide bonds. The summed E-state index contributed by atoms with van der Waals surface area (Å²) in [5.74, 6) is -1.28. The Morgan fingerprint density at radius 2 is 1.70 bits per heavy atom. The van der Waals surface area contributed by atoms with Gasteiger partial charge in [-0.1, -0.05) is 18.2 Å². The highest BCUT2D eigenvalue weighted by Gasteiger charge is 2.22. The highest BCUT2D eigenvalue weighted by atomic mass is 35.5. The van der Waals surface area contributed by atoms with Crippen molar-refractivity contribution in [2.24, 2.45) is 0 Å². The van der Waals surface area contributed by atoms with Gasteiger partial charge in [-0.05, 0) is 30.5 Å². The van der Waals surface area contributed by atoms with E-state index in [4.69, 9.17) is 16.3 Å². The predicted molar refractivity (Wildman–Crippen MR) is 76.5 cm³/mol. The molecule has 106 valence electrons. The number of halogens is 3. The Bertz CT molecular complexity index is 617. The Morgan fingerprint density at radius 1 is 1.10 bits per heavy atom. The molecule has 1 atom stereocenters. The van der Waals surface area contributed by atoms with Crippen molar-refractivity contribution in [3.8, 4) is 5.75 Å². The fourth-order valence-corrected chi connectivity index (χ4v) is 2.57. The van der Waals surface area contributed by atoms with Crippen molar-refractivity contribution in [2.45, 2.75) is 19.2 Å². The molecule has 0 bridgehead atoms. The Hall–Kier alpha value is -1.61. The normalized spacial score (nSPS) is 12.3. The lowest BCUT2D eigenvalue weighted by molar-refractivity contribution is 0.405. The largest absolute Gasteiger partial charge is 0.497 e. The maximum Gasteiger partial charge on any atom is 0.134 e. The Morgan fingerprint density at radius 3 is 2.25 bits per heavy atom. The first-order valence-corrected chi connectivity index (χ1v) is 6.62. The second kappa shape index (κ2) is 5.80. The van der Waals surface area contributed by atoms with Gasteiger partial charge in [0.25, 0.3) is 0 Å². The summed E-state index contributed by atoms with van der Waals surface area (Å²) in [5, 5.41) is -0.874. The van der Waals surface area contributed by atoms with Crippen LogP contribution < -0.4 is 4.74 Å². The van der Waals surface area contributed by atoms with E-state index in [9.17, 15) is 8.78 Å². The molecule has 2 aromatic rings. The van der Waals surface area contributed by atoms with Crippen LogP contribution in [0.25, 0.3) is 0 Å². The lowest BCUT2D eigenvalue weighted by atomic mass is 9.96. The van der Waals surface area contributed by atoms with E-state index in [1.807, 2.05) is 26.0 Å². The van der Waals surface area contributed by atoms with Gasteiger partial charge >= 0.3 is 0 Å². The molecule has 0 radical (unpaired) electrons. The van der Waals surface area contributed by atoms with Gasteiger partial charge in [0, 0.05) is 17.7 Å². The molecule has 0 N–H and O–H groups in total. The first kappa shape index (κ1) is 14.8. The molecule has 0 spiro atoms. The van der Waals surface area contributed by atoms with Gasteiger partial charge in [0.2, 0.25) is 0 Å². The second-order valence-electron chi connectivity index (χ2n) is 4.66. The molecule has 0 fully saturated rings. The fourth-order valence-electron chi connectivity index (χ4n) is 2.12. The molecule has 2 aromatic carbocycles. The molecule has 0 aromatic heterocycles. The molecule has 1 nitrogen and oxygen atoms in total. The summed E-state index contributed by atoms with van der Waals surface area (Å²) in [4.78, 5) is 0. The maximum absolute atomic E-state index is 14.1. The van der Waals surface area contributed by atoms with Crippen LogP contribution in [0.5, 0.6) is 5.75 Å². The average Bonchev–Trinajstić information content (AvgIpc) is 2.40. The van der Waals surface area contributed by atoms with Crippen LogP contribution >= 0.6 is 11.6 Å². The monoisotopic (exact) mass is 296 g/mol. The van der Waals surface area contributed by atoms with Crippen LogP contribution in [0.1, 0.15) is 27.6 Å². The fraction of sp³-hybridized carbons (Fsp3) is 0.250.